The van der Waals surface area contributed by atoms with E-state index in [0.717, 1.165) is 45.9 Å². The van der Waals surface area contributed by atoms with Crippen LogP contribution < -0.4 is 4.90 Å². The van der Waals surface area contributed by atoms with Gasteiger partial charge >= 0.3 is 5.97 Å². The molecule has 0 radical (unpaired) electrons. The molecule has 6 nitrogen and oxygen atoms in total. The van der Waals surface area contributed by atoms with Crippen LogP contribution in [0, 0.1) is 0 Å². The van der Waals surface area contributed by atoms with Crippen molar-refractivity contribution in [1.29, 1.82) is 0 Å². The van der Waals surface area contributed by atoms with E-state index in [4.69, 9.17) is 4.74 Å². The first kappa shape index (κ1) is 16.2. The van der Waals surface area contributed by atoms with Gasteiger partial charge in [0.25, 0.3) is 0 Å². The Bertz CT molecular complexity index is 546. The second-order valence-corrected chi connectivity index (χ2v) is 6.30. The quantitative estimate of drug-likeness (QED) is 0.883. The molecule has 1 atom stereocenters. The number of hydrogen-bond donors (Lipinski definition) is 1. The lowest BCUT2D eigenvalue weighted by Gasteiger charge is -2.38. The Hall–Kier alpha value is -1.63. The third kappa shape index (κ3) is 3.83. The summed E-state index contributed by atoms with van der Waals surface area (Å²) in [7, 11) is 1.89. The molecule has 126 valence electrons. The monoisotopic (exact) mass is 319 g/mol. The van der Waals surface area contributed by atoms with E-state index in [0.29, 0.717) is 6.54 Å². The van der Waals surface area contributed by atoms with Gasteiger partial charge in [-0.3, -0.25) is 14.6 Å². The molecule has 0 spiro atoms. The maximum absolute atomic E-state index is 11.4. The summed E-state index contributed by atoms with van der Waals surface area (Å²) in [4.78, 5) is 17.9. The SMILES string of the molecule is CN1CCN(Cc2ccccc2N2CCOCC2)CC1C(=O)O. The predicted octanol–water partition coefficient (Wildman–Crippen LogP) is 0.724. The van der Waals surface area contributed by atoms with E-state index in [2.05, 4.69) is 34.1 Å². The number of benzene rings is 1. The van der Waals surface area contributed by atoms with Crippen LogP contribution in [0.2, 0.25) is 0 Å². The minimum Gasteiger partial charge on any atom is -0.480 e. The molecule has 2 heterocycles. The van der Waals surface area contributed by atoms with Gasteiger partial charge in [-0.2, -0.15) is 0 Å². The Morgan fingerprint density at radius 2 is 1.96 bits per heavy atom. The van der Waals surface area contributed by atoms with Crippen LogP contribution in [0.3, 0.4) is 0 Å². The Balaban J connectivity index is 1.71. The molecular formula is C17H25N3O3. The standard InChI is InChI=1S/C17H25N3O3/c1-18-6-7-19(13-16(18)17(21)22)12-14-4-2-3-5-15(14)20-8-10-23-11-9-20/h2-5,16H,6-13H2,1H3,(H,21,22). The van der Waals surface area contributed by atoms with Crippen LogP contribution in [0.4, 0.5) is 5.69 Å². The van der Waals surface area contributed by atoms with Gasteiger partial charge in [0.1, 0.15) is 6.04 Å². The number of carboxylic acid groups (broad SMARTS) is 1. The van der Waals surface area contributed by atoms with Crippen molar-refractivity contribution in [2.45, 2.75) is 12.6 Å². The molecular weight excluding hydrogens is 294 g/mol. The highest BCUT2D eigenvalue weighted by atomic mass is 16.5. The Kier molecular flexibility index (Phi) is 5.15. The van der Waals surface area contributed by atoms with Crippen molar-refractivity contribution >= 4 is 11.7 Å². The molecule has 2 aliphatic heterocycles. The van der Waals surface area contributed by atoms with Crippen LogP contribution >= 0.6 is 0 Å². The molecule has 23 heavy (non-hydrogen) atoms. The molecule has 1 aromatic rings. The summed E-state index contributed by atoms with van der Waals surface area (Å²) in [5.74, 6) is -0.737. The van der Waals surface area contributed by atoms with E-state index in [9.17, 15) is 9.90 Å². The van der Waals surface area contributed by atoms with Gasteiger partial charge in [-0.05, 0) is 18.7 Å². The normalized spacial score (nSPS) is 23.9. The zero-order chi connectivity index (χ0) is 16.2. The predicted molar refractivity (Wildman–Crippen MR) is 88.8 cm³/mol. The summed E-state index contributed by atoms with van der Waals surface area (Å²) in [6, 6.07) is 8.02. The summed E-state index contributed by atoms with van der Waals surface area (Å²) < 4.78 is 5.44. The van der Waals surface area contributed by atoms with E-state index in [1.165, 1.54) is 11.3 Å². The molecule has 0 bridgehead atoms. The minimum absolute atomic E-state index is 0.417. The zero-order valence-corrected chi connectivity index (χ0v) is 13.6. The van der Waals surface area contributed by atoms with Crippen LogP contribution in [0.25, 0.3) is 0 Å². The topological polar surface area (TPSA) is 56.2 Å². The number of carboxylic acids is 1. The van der Waals surface area contributed by atoms with Crippen molar-refractivity contribution in [1.82, 2.24) is 9.80 Å². The van der Waals surface area contributed by atoms with E-state index in [-0.39, 0.29) is 0 Å². The zero-order valence-electron chi connectivity index (χ0n) is 13.6. The van der Waals surface area contributed by atoms with Crippen LogP contribution in [-0.4, -0.2) is 79.9 Å². The molecule has 0 saturated carbocycles. The summed E-state index contributed by atoms with van der Waals surface area (Å²) in [5.41, 5.74) is 2.52. The highest BCUT2D eigenvalue weighted by molar-refractivity contribution is 5.73. The van der Waals surface area contributed by atoms with Crippen LogP contribution in [0.5, 0.6) is 0 Å². The van der Waals surface area contributed by atoms with E-state index in [1.54, 1.807) is 0 Å². The number of anilines is 1. The third-order valence-electron chi connectivity index (χ3n) is 4.75. The van der Waals surface area contributed by atoms with Crippen molar-refractivity contribution in [3.05, 3.63) is 29.8 Å². The highest BCUT2D eigenvalue weighted by Gasteiger charge is 2.30. The number of para-hydroxylation sites is 1. The summed E-state index contributed by atoms with van der Waals surface area (Å²) >= 11 is 0. The Morgan fingerprint density at radius 1 is 1.22 bits per heavy atom. The lowest BCUT2D eigenvalue weighted by molar-refractivity contribution is -0.145. The molecule has 0 aliphatic carbocycles. The van der Waals surface area contributed by atoms with Crippen molar-refractivity contribution in [2.75, 3.05) is 57.9 Å². The number of piperazine rings is 1. The van der Waals surface area contributed by atoms with Gasteiger partial charge in [-0.1, -0.05) is 18.2 Å². The Morgan fingerprint density at radius 3 is 2.70 bits per heavy atom. The molecule has 0 aromatic heterocycles. The number of aliphatic carboxylic acids is 1. The Labute approximate surface area is 137 Å². The first-order chi connectivity index (χ1) is 11.1. The van der Waals surface area contributed by atoms with Crippen LogP contribution in [0.1, 0.15) is 5.56 Å². The number of rotatable bonds is 4. The molecule has 3 rings (SSSR count). The maximum Gasteiger partial charge on any atom is 0.322 e. The lowest BCUT2D eigenvalue weighted by atomic mass is 10.1. The lowest BCUT2D eigenvalue weighted by Crippen LogP contribution is -2.54. The van der Waals surface area contributed by atoms with Gasteiger partial charge in [0.05, 0.1) is 13.2 Å². The van der Waals surface area contributed by atoms with Gasteiger partial charge in [0.15, 0.2) is 0 Å². The number of ether oxygens (including phenoxy) is 1. The highest BCUT2D eigenvalue weighted by Crippen LogP contribution is 2.24. The van der Waals surface area contributed by atoms with Gasteiger partial charge in [-0.15, -0.1) is 0 Å². The number of hydrogen-bond acceptors (Lipinski definition) is 5. The van der Waals surface area contributed by atoms with Gasteiger partial charge in [-0.25, -0.2) is 0 Å². The van der Waals surface area contributed by atoms with E-state index < -0.39 is 12.0 Å². The molecule has 2 saturated heterocycles. The second kappa shape index (κ2) is 7.29. The average Bonchev–Trinajstić information content (AvgIpc) is 2.57. The fraction of sp³-hybridized carbons (Fsp3) is 0.588. The molecule has 1 unspecified atom stereocenters. The van der Waals surface area contributed by atoms with Crippen molar-refractivity contribution in [2.24, 2.45) is 0 Å². The second-order valence-electron chi connectivity index (χ2n) is 6.30. The van der Waals surface area contributed by atoms with Crippen LogP contribution in [0.15, 0.2) is 24.3 Å². The number of carbonyl (C=O) groups is 1. The van der Waals surface area contributed by atoms with Gasteiger partial charge in [0, 0.05) is 45.0 Å². The first-order valence-corrected chi connectivity index (χ1v) is 8.21. The number of nitrogens with zero attached hydrogens (tertiary/aromatic N) is 3. The molecule has 1 aromatic carbocycles. The van der Waals surface area contributed by atoms with Crippen molar-refractivity contribution < 1.29 is 14.6 Å². The fourth-order valence-electron chi connectivity index (χ4n) is 3.34. The fourth-order valence-corrected chi connectivity index (χ4v) is 3.34. The number of morpholine rings is 1. The maximum atomic E-state index is 11.4. The van der Waals surface area contributed by atoms with Crippen molar-refractivity contribution in [3.63, 3.8) is 0 Å². The molecule has 2 aliphatic rings. The average molecular weight is 319 g/mol. The summed E-state index contributed by atoms with van der Waals surface area (Å²) in [6.45, 7) is 6.42. The van der Waals surface area contributed by atoms with E-state index >= 15 is 0 Å². The minimum atomic E-state index is -0.737. The first-order valence-electron chi connectivity index (χ1n) is 8.21. The molecule has 6 heteroatoms. The summed E-state index contributed by atoms with van der Waals surface area (Å²) in [5, 5.41) is 9.36. The third-order valence-corrected chi connectivity index (χ3v) is 4.75. The van der Waals surface area contributed by atoms with E-state index in [1.807, 2.05) is 11.9 Å². The smallest absolute Gasteiger partial charge is 0.322 e. The summed E-state index contributed by atoms with van der Waals surface area (Å²) in [6.07, 6.45) is 0. The largest absolute Gasteiger partial charge is 0.480 e. The van der Waals surface area contributed by atoms with Gasteiger partial charge < -0.3 is 14.7 Å². The van der Waals surface area contributed by atoms with Gasteiger partial charge in [0.2, 0.25) is 0 Å². The molecule has 1 N–H and O–H groups in total. The number of likely N-dealkylation sites (N-methyl/N-ethyl adjacent to an activating group) is 1. The van der Waals surface area contributed by atoms with Crippen molar-refractivity contribution in [3.8, 4) is 0 Å². The van der Waals surface area contributed by atoms with Crippen LogP contribution in [-0.2, 0) is 16.1 Å². The molecule has 2 fully saturated rings. The molecule has 0 amide bonds.